The van der Waals surface area contributed by atoms with Gasteiger partial charge in [0, 0.05) is 67.4 Å². The predicted octanol–water partition coefficient (Wildman–Crippen LogP) is 18.6. The molecular weight excluding hydrogens is 1030 g/mol. The van der Waals surface area contributed by atoms with E-state index >= 15 is 0 Å². The van der Waals surface area contributed by atoms with E-state index in [1.54, 1.807) is 0 Å². The van der Waals surface area contributed by atoms with Gasteiger partial charge in [-0.05, 0) is 182 Å². The van der Waals surface area contributed by atoms with Crippen LogP contribution in [-0.4, -0.2) is 13.5 Å². The molecule has 3 aliphatic heterocycles. The minimum Gasteiger partial charge on any atom is -0.456 e. The van der Waals surface area contributed by atoms with Crippen LogP contribution < -0.4 is 40.6 Å². The van der Waals surface area contributed by atoms with E-state index in [1.807, 2.05) is 6.07 Å². The monoisotopic (exact) mass is 1090 g/mol. The summed E-state index contributed by atoms with van der Waals surface area (Å²) < 4.78 is 19.8. The summed E-state index contributed by atoms with van der Waals surface area (Å²) in [6, 6.07) is 89.2. The predicted molar refractivity (Wildman–Crippen MR) is 348 cm³/mol. The summed E-state index contributed by atoms with van der Waals surface area (Å²) >= 11 is 0. The maximum absolute atomic E-state index is 6.88. The van der Waals surface area contributed by atoms with Crippen molar-refractivity contribution in [2.45, 2.75) is 52.4 Å². The number of ether oxygens (including phenoxy) is 2. The van der Waals surface area contributed by atoms with Crippen LogP contribution in [0, 0.1) is 6.92 Å². The summed E-state index contributed by atoms with van der Waals surface area (Å²) in [4.78, 5) is 7.43. The van der Waals surface area contributed by atoms with E-state index in [-0.39, 0.29) is 24.3 Å². The van der Waals surface area contributed by atoms with Crippen molar-refractivity contribution in [3.8, 4) is 56.2 Å². The molecule has 0 radical (unpaired) electrons. The Morgan fingerprint density at radius 1 is 0.476 bits per heavy atom. The second kappa shape index (κ2) is 18.8. The van der Waals surface area contributed by atoms with Gasteiger partial charge in [0.15, 0.2) is 11.5 Å². The Bertz CT molecular complexity index is 4570. The Balaban J connectivity index is 1.00. The normalized spacial score (nSPS) is 14.0. The quantitative estimate of drug-likeness (QED) is 0.141. The van der Waals surface area contributed by atoms with Crippen LogP contribution in [0.15, 0.2) is 247 Å². The third-order valence-corrected chi connectivity index (χ3v) is 18.0. The van der Waals surface area contributed by atoms with E-state index in [2.05, 4.69) is 293 Å². The molecular formula is C77H60BN3O3. The maximum atomic E-state index is 6.88. The topological polar surface area (TPSA) is 41.3 Å². The van der Waals surface area contributed by atoms with Crippen LogP contribution >= 0.6 is 0 Å². The number of para-hydroxylation sites is 3. The molecule has 4 heterocycles. The van der Waals surface area contributed by atoms with Crippen LogP contribution in [-0.2, 0) is 10.8 Å². The fourth-order valence-corrected chi connectivity index (χ4v) is 13.9. The first-order chi connectivity index (χ1) is 40.9. The molecule has 0 bridgehead atoms. The zero-order valence-corrected chi connectivity index (χ0v) is 47.9. The first-order valence-corrected chi connectivity index (χ1v) is 29.2. The standard InChI is InChI=1S/C77H60BN3O3/c1-48-38-68-73-69(39-48)81(74-59(49-20-10-7-11-21-49)34-37-71-75(74)83-47-82-71)66-36-31-54(76(2,3)4)45-65(66)78(73)64-35-32-57(79(55-23-12-8-13-24-55)56-25-14-9-15-26-56)46-67(64)80(68)58-41-52(40-53(42-58)72-44-51-22-16-19-29-70(51)84-72)50-30-33-61-60-27-17-18-28-62(60)77(5,6)63(61)43-50/h7-46H,47H2,1-6H3. The highest BCUT2D eigenvalue weighted by Gasteiger charge is 2.46. The molecule has 404 valence electrons. The third-order valence-electron chi connectivity index (χ3n) is 18.0. The number of fused-ring (bicyclic) bond motifs is 9. The van der Waals surface area contributed by atoms with Crippen molar-refractivity contribution in [1.29, 1.82) is 0 Å². The number of anilines is 9. The first kappa shape index (κ1) is 49.8. The van der Waals surface area contributed by atoms with Gasteiger partial charge in [0.25, 0.3) is 6.71 Å². The van der Waals surface area contributed by atoms with Crippen LogP contribution in [0.4, 0.5) is 51.2 Å². The van der Waals surface area contributed by atoms with Gasteiger partial charge in [-0.25, -0.2) is 0 Å². The molecule has 0 atom stereocenters. The van der Waals surface area contributed by atoms with Crippen molar-refractivity contribution in [1.82, 2.24) is 0 Å². The minimum atomic E-state index is -0.187. The number of rotatable bonds is 8. The van der Waals surface area contributed by atoms with E-state index in [1.165, 1.54) is 44.2 Å². The zero-order chi connectivity index (χ0) is 56.6. The summed E-state index contributed by atoms with van der Waals surface area (Å²) in [6.45, 7) is 13.9. The van der Waals surface area contributed by atoms with Gasteiger partial charge < -0.3 is 28.6 Å². The van der Waals surface area contributed by atoms with Gasteiger partial charge in [-0.1, -0.05) is 174 Å². The van der Waals surface area contributed by atoms with Gasteiger partial charge in [-0.15, -0.1) is 0 Å². The Hall–Kier alpha value is -9.98. The first-order valence-electron chi connectivity index (χ1n) is 29.2. The summed E-state index contributed by atoms with van der Waals surface area (Å²) in [5, 5.41) is 1.06. The van der Waals surface area contributed by atoms with Crippen molar-refractivity contribution in [3.05, 3.63) is 265 Å². The van der Waals surface area contributed by atoms with Gasteiger partial charge >= 0.3 is 0 Å². The SMILES string of the molecule is Cc1cc2c3c(c1)N(c1c(-c4ccccc4)ccc4c1OCO4)c1ccc(C(C)(C)C)cc1B3c1ccc(N(c3ccccc3)c3ccccc3)cc1N2c1cc(-c2ccc3c(c2)C(C)(C)c2ccccc2-3)cc(-c2cc3ccccc3o2)c1. The molecule has 84 heavy (non-hydrogen) atoms. The van der Waals surface area contributed by atoms with Gasteiger partial charge in [-0.3, -0.25) is 0 Å². The lowest BCUT2D eigenvalue weighted by molar-refractivity contribution is 0.174. The highest BCUT2D eigenvalue weighted by molar-refractivity contribution is 7.00. The Kier molecular flexibility index (Phi) is 11.1. The van der Waals surface area contributed by atoms with Crippen LogP contribution in [0.5, 0.6) is 11.5 Å². The number of benzene rings is 11. The maximum Gasteiger partial charge on any atom is 0.252 e. The smallest absolute Gasteiger partial charge is 0.252 e. The highest BCUT2D eigenvalue weighted by Crippen LogP contribution is 2.56. The molecule has 0 amide bonds. The van der Waals surface area contributed by atoms with Gasteiger partial charge in [-0.2, -0.15) is 0 Å². The van der Waals surface area contributed by atoms with Gasteiger partial charge in [0.1, 0.15) is 17.0 Å². The Labute approximate surface area is 491 Å². The highest BCUT2D eigenvalue weighted by atomic mass is 16.7. The molecule has 16 rings (SSSR count). The van der Waals surface area contributed by atoms with Gasteiger partial charge in [0.2, 0.25) is 6.79 Å². The average molecular weight is 1090 g/mol. The molecule has 0 unspecified atom stereocenters. The van der Waals surface area contributed by atoms with Crippen LogP contribution in [0.2, 0.25) is 0 Å². The lowest BCUT2D eigenvalue weighted by Crippen LogP contribution is -2.61. The van der Waals surface area contributed by atoms with Crippen LogP contribution in [0.1, 0.15) is 56.9 Å². The molecule has 7 heteroatoms. The second-order valence-electron chi connectivity index (χ2n) is 24.5. The van der Waals surface area contributed by atoms with E-state index in [4.69, 9.17) is 13.9 Å². The lowest BCUT2D eigenvalue weighted by atomic mass is 9.33. The van der Waals surface area contributed by atoms with Crippen molar-refractivity contribution in [2.24, 2.45) is 0 Å². The average Bonchev–Trinajstić information content (AvgIpc) is 0.927. The van der Waals surface area contributed by atoms with E-state index < -0.39 is 0 Å². The molecule has 11 aromatic carbocycles. The summed E-state index contributed by atoms with van der Waals surface area (Å²) in [5.41, 5.74) is 26.8. The molecule has 1 aliphatic carbocycles. The van der Waals surface area contributed by atoms with E-state index in [0.29, 0.717) is 0 Å². The number of hydrogen-bond donors (Lipinski definition) is 0. The Morgan fingerprint density at radius 3 is 1.92 bits per heavy atom. The minimum absolute atomic E-state index is 0.140. The summed E-state index contributed by atoms with van der Waals surface area (Å²) in [7, 11) is 0. The Morgan fingerprint density at radius 2 is 1.15 bits per heavy atom. The van der Waals surface area contributed by atoms with Crippen LogP contribution in [0.25, 0.3) is 55.7 Å². The number of nitrogens with zero attached hydrogens (tertiary/aromatic N) is 3. The lowest BCUT2D eigenvalue weighted by Gasteiger charge is -2.45. The number of hydrogen-bond acceptors (Lipinski definition) is 6. The van der Waals surface area contributed by atoms with E-state index in [0.717, 1.165) is 113 Å². The molecule has 0 N–H and O–H groups in total. The molecule has 1 aromatic heterocycles. The molecule has 0 saturated carbocycles. The molecule has 0 spiro atoms. The summed E-state index contributed by atoms with van der Waals surface area (Å²) in [5.74, 6) is 2.28. The van der Waals surface area contributed by atoms with Crippen molar-refractivity contribution >= 4 is 85.3 Å². The molecule has 0 fully saturated rings. The fraction of sp³-hybridized carbons (Fsp3) is 0.117. The zero-order valence-electron chi connectivity index (χ0n) is 47.9. The van der Waals surface area contributed by atoms with Gasteiger partial charge in [0.05, 0.1) is 0 Å². The van der Waals surface area contributed by atoms with Crippen molar-refractivity contribution < 1.29 is 13.9 Å². The molecule has 0 saturated heterocycles. The molecule has 4 aliphatic rings. The number of furan rings is 1. The third kappa shape index (κ3) is 7.79. The summed E-state index contributed by atoms with van der Waals surface area (Å²) in [6.07, 6.45) is 0. The fourth-order valence-electron chi connectivity index (χ4n) is 13.9. The second-order valence-corrected chi connectivity index (χ2v) is 24.5. The number of aryl methyl sites for hydroxylation is 1. The van der Waals surface area contributed by atoms with Crippen molar-refractivity contribution in [2.75, 3.05) is 21.5 Å². The molecule has 6 nitrogen and oxygen atoms in total. The van der Waals surface area contributed by atoms with Crippen LogP contribution in [0.3, 0.4) is 0 Å². The van der Waals surface area contributed by atoms with E-state index in [9.17, 15) is 0 Å². The van der Waals surface area contributed by atoms with Crippen molar-refractivity contribution in [3.63, 3.8) is 0 Å². The largest absolute Gasteiger partial charge is 0.456 e. The molecule has 12 aromatic rings.